The van der Waals surface area contributed by atoms with E-state index in [1.165, 1.54) is 4.90 Å². The average molecular weight is 269 g/mol. The van der Waals surface area contributed by atoms with Crippen LogP contribution in [0.1, 0.15) is 26.2 Å². The maximum atomic E-state index is 12.6. The molecule has 108 valence electrons. The van der Waals surface area contributed by atoms with Gasteiger partial charge in [0.1, 0.15) is 6.04 Å². The van der Waals surface area contributed by atoms with Crippen LogP contribution in [-0.4, -0.2) is 77.1 Å². The number of urea groups is 1. The molecule has 1 N–H and O–H groups in total. The number of rotatable bonds is 1. The van der Waals surface area contributed by atoms with Crippen molar-refractivity contribution in [1.29, 1.82) is 0 Å². The molecule has 19 heavy (non-hydrogen) atoms. The predicted molar refractivity (Wildman–Crippen MR) is 71.0 cm³/mol. The van der Waals surface area contributed by atoms with Gasteiger partial charge in [0.15, 0.2) is 0 Å². The van der Waals surface area contributed by atoms with Crippen LogP contribution in [0.3, 0.4) is 0 Å². The largest absolute Gasteiger partial charge is 0.480 e. The Balaban J connectivity index is 2.07. The van der Waals surface area contributed by atoms with Crippen molar-refractivity contribution >= 4 is 12.0 Å². The molecule has 2 fully saturated rings. The Hall–Kier alpha value is -1.30. The van der Waals surface area contributed by atoms with Crippen molar-refractivity contribution in [3.05, 3.63) is 0 Å². The number of amides is 2. The number of carboxylic acid groups (broad SMARTS) is 1. The highest BCUT2D eigenvalue weighted by molar-refractivity contribution is 5.83. The lowest BCUT2D eigenvalue weighted by atomic mass is 10.2. The average Bonchev–Trinajstić information content (AvgIpc) is 2.76. The first-order chi connectivity index (χ1) is 9.00. The zero-order valence-electron chi connectivity index (χ0n) is 11.7. The Morgan fingerprint density at radius 3 is 2.47 bits per heavy atom. The van der Waals surface area contributed by atoms with Gasteiger partial charge in [-0.1, -0.05) is 0 Å². The highest BCUT2D eigenvalue weighted by atomic mass is 16.4. The molecule has 6 nitrogen and oxygen atoms in total. The number of likely N-dealkylation sites (N-methyl/N-ethyl adjacent to an activating group) is 1. The van der Waals surface area contributed by atoms with Crippen LogP contribution in [0, 0.1) is 0 Å². The van der Waals surface area contributed by atoms with Gasteiger partial charge in [-0.3, -0.25) is 0 Å². The van der Waals surface area contributed by atoms with Crippen LogP contribution in [0.5, 0.6) is 0 Å². The fourth-order valence-electron chi connectivity index (χ4n) is 3.07. The van der Waals surface area contributed by atoms with Gasteiger partial charge >= 0.3 is 12.0 Å². The first kappa shape index (κ1) is 14.1. The zero-order valence-corrected chi connectivity index (χ0v) is 11.7. The molecule has 2 atom stereocenters. The van der Waals surface area contributed by atoms with Crippen LogP contribution in [-0.2, 0) is 4.79 Å². The summed E-state index contributed by atoms with van der Waals surface area (Å²) in [4.78, 5) is 29.3. The van der Waals surface area contributed by atoms with Gasteiger partial charge in [0.05, 0.1) is 0 Å². The molecule has 0 spiro atoms. The molecule has 2 aliphatic rings. The van der Waals surface area contributed by atoms with E-state index in [4.69, 9.17) is 0 Å². The molecule has 0 saturated carbocycles. The summed E-state index contributed by atoms with van der Waals surface area (Å²) in [5.74, 6) is -0.884. The van der Waals surface area contributed by atoms with E-state index < -0.39 is 12.0 Å². The number of hydrogen-bond donors (Lipinski definition) is 1. The normalized spacial score (nSPS) is 29.4. The molecular formula is C13H23N3O3. The SMILES string of the molecule is CC1CN(C)CCCN1C(=O)N1CCCC1C(=O)O. The standard InChI is InChI=1S/C13H23N3O3/c1-10-9-14(2)6-4-8-15(10)13(19)16-7-3-5-11(16)12(17)18/h10-11H,3-9H2,1-2H3,(H,17,18). The van der Waals surface area contributed by atoms with Crippen molar-refractivity contribution in [2.45, 2.75) is 38.3 Å². The monoisotopic (exact) mass is 269 g/mol. The van der Waals surface area contributed by atoms with Gasteiger partial charge < -0.3 is 19.8 Å². The number of carboxylic acids is 1. The third kappa shape index (κ3) is 3.00. The van der Waals surface area contributed by atoms with Crippen LogP contribution < -0.4 is 0 Å². The van der Waals surface area contributed by atoms with E-state index >= 15 is 0 Å². The van der Waals surface area contributed by atoms with E-state index in [9.17, 15) is 14.7 Å². The van der Waals surface area contributed by atoms with Crippen molar-refractivity contribution in [1.82, 2.24) is 14.7 Å². The third-order valence-corrected chi connectivity index (χ3v) is 4.08. The highest BCUT2D eigenvalue weighted by Gasteiger charge is 2.37. The van der Waals surface area contributed by atoms with E-state index in [1.54, 1.807) is 0 Å². The number of aliphatic carboxylic acids is 1. The van der Waals surface area contributed by atoms with E-state index in [2.05, 4.69) is 11.9 Å². The van der Waals surface area contributed by atoms with Crippen molar-refractivity contribution in [3.63, 3.8) is 0 Å². The Bertz CT molecular complexity index is 361. The first-order valence-corrected chi connectivity index (χ1v) is 6.99. The summed E-state index contributed by atoms with van der Waals surface area (Å²) in [7, 11) is 2.06. The fourth-order valence-corrected chi connectivity index (χ4v) is 3.07. The molecule has 0 aliphatic carbocycles. The minimum Gasteiger partial charge on any atom is -0.480 e. The molecule has 6 heteroatoms. The van der Waals surface area contributed by atoms with Crippen LogP contribution in [0.15, 0.2) is 0 Å². The molecule has 0 aromatic rings. The number of likely N-dealkylation sites (tertiary alicyclic amines) is 1. The van der Waals surface area contributed by atoms with Gasteiger partial charge in [-0.05, 0) is 39.8 Å². The van der Waals surface area contributed by atoms with Gasteiger partial charge in [0, 0.05) is 25.7 Å². The lowest BCUT2D eigenvalue weighted by Crippen LogP contribution is -2.52. The van der Waals surface area contributed by atoms with Gasteiger partial charge in [0.2, 0.25) is 0 Å². The van der Waals surface area contributed by atoms with Crippen LogP contribution in [0.25, 0.3) is 0 Å². The second-order valence-electron chi connectivity index (χ2n) is 5.63. The summed E-state index contributed by atoms with van der Waals surface area (Å²) in [5, 5.41) is 9.17. The van der Waals surface area contributed by atoms with Crippen LogP contribution >= 0.6 is 0 Å². The summed E-state index contributed by atoms with van der Waals surface area (Å²) in [5.41, 5.74) is 0. The Labute approximate surface area is 114 Å². The number of hydrogen-bond acceptors (Lipinski definition) is 3. The molecule has 2 unspecified atom stereocenters. The van der Waals surface area contributed by atoms with E-state index in [0.717, 1.165) is 25.9 Å². The second-order valence-corrected chi connectivity index (χ2v) is 5.63. The highest BCUT2D eigenvalue weighted by Crippen LogP contribution is 2.21. The van der Waals surface area contributed by atoms with Crippen molar-refractivity contribution in [2.24, 2.45) is 0 Å². The molecule has 0 aromatic carbocycles. The minimum atomic E-state index is -0.884. The Morgan fingerprint density at radius 1 is 1.11 bits per heavy atom. The molecule has 0 aromatic heterocycles. The zero-order chi connectivity index (χ0) is 14.0. The van der Waals surface area contributed by atoms with Gasteiger partial charge in [-0.2, -0.15) is 0 Å². The Kier molecular flexibility index (Phi) is 4.29. The molecule has 2 heterocycles. The van der Waals surface area contributed by atoms with Crippen molar-refractivity contribution in [2.75, 3.05) is 33.2 Å². The molecule has 2 rings (SSSR count). The van der Waals surface area contributed by atoms with E-state index in [1.807, 2.05) is 11.8 Å². The predicted octanol–water partition coefficient (Wildman–Crippen LogP) is 0.681. The number of carbonyl (C=O) groups is 2. The summed E-state index contributed by atoms with van der Waals surface area (Å²) >= 11 is 0. The quantitative estimate of drug-likeness (QED) is 0.760. The number of carbonyl (C=O) groups excluding carboxylic acids is 1. The van der Waals surface area contributed by atoms with Crippen molar-refractivity contribution < 1.29 is 14.7 Å². The lowest BCUT2D eigenvalue weighted by molar-refractivity contribution is -0.141. The van der Waals surface area contributed by atoms with Gasteiger partial charge in [-0.25, -0.2) is 9.59 Å². The summed E-state index contributed by atoms with van der Waals surface area (Å²) < 4.78 is 0. The van der Waals surface area contributed by atoms with Crippen LogP contribution in [0.4, 0.5) is 4.79 Å². The van der Waals surface area contributed by atoms with Crippen LogP contribution in [0.2, 0.25) is 0 Å². The molecule has 0 radical (unpaired) electrons. The maximum Gasteiger partial charge on any atom is 0.326 e. The molecule has 2 saturated heterocycles. The summed E-state index contributed by atoms with van der Waals surface area (Å²) in [6.07, 6.45) is 2.30. The fraction of sp³-hybridized carbons (Fsp3) is 0.846. The molecular weight excluding hydrogens is 246 g/mol. The third-order valence-electron chi connectivity index (χ3n) is 4.08. The van der Waals surface area contributed by atoms with Gasteiger partial charge in [0.25, 0.3) is 0 Å². The minimum absolute atomic E-state index is 0.104. The first-order valence-electron chi connectivity index (χ1n) is 6.99. The smallest absolute Gasteiger partial charge is 0.326 e. The molecule has 2 aliphatic heterocycles. The number of nitrogens with zero attached hydrogens (tertiary/aromatic N) is 3. The van der Waals surface area contributed by atoms with E-state index in [0.29, 0.717) is 19.5 Å². The lowest BCUT2D eigenvalue weighted by Gasteiger charge is -2.33. The van der Waals surface area contributed by atoms with Gasteiger partial charge in [-0.15, -0.1) is 0 Å². The van der Waals surface area contributed by atoms with E-state index in [-0.39, 0.29) is 12.1 Å². The van der Waals surface area contributed by atoms with Crippen molar-refractivity contribution in [3.8, 4) is 0 Å². The maximum absolute atomic E-state index is 12.6. The second kappa shape index (κ2) is 5.77. The summed E-state index contributed by atoms with van der Waals surface area (Å²) in [6, 6.07) is -0.608. The Morgan fingerprint density at radius 2 is 1.79 bits per heavy atom. The molecule has 2 amide bonds. The summed E-state index contributed by atoms with van der Waals surface area (Å²) in [6.45, 7) is 5.14. The molecule has 0 bridgehead atoms. The topological polar surface area (TPSA) is 64.1 Å².